The Kier molecular flexibility index (Phi) is 3.13. The molecule has 1 heterocycles. The van der Waals surface area contributed by atoms with E-state index in [2.05, 4.69) is 4.98 Å². The van der Waals surface area contributed by atoms with Crippen molar-refractivity contribution in [3.63, 3.8) is 0 Å². The quantitative estimate of drug-likeness (QED) is 0.731. The summed E-state index contributed by atoms with van der Waals surface area (Å²) in [5, 5.41) is 0.877. The van der Waals surface area contributed by atoms with Gasteiger partial charge in [0.25, 0.3) is 0 Å². The van der Waals surface area contributed by atoms with Crippen LogP contribution < -0.4 is 10.2 Å². The first-order chi connectivity index (χ1) is 6.90. The highest BCUT2D eigenvalue weighted by Gasteiger charge is 2.31. The molecule has 1 aromatic rings. The van der Waals surface area contributed by atoms with Crippen molar-refractivity contribution in [3.05, 3.63) is 24.5 Å². The smallest absolute Gasteiger partial charge is 0.296 e. The Morgan fingerprint density at radius 2 is 2.20 bits per heavy atom. The van der Waals surface area contributed by atoms with Gasteiger partial charge in [-0.3, -0.25) is 9.88 Å². The van der Waals surface area contributed by atoms with Crippen LogP contribution in [0.2, 0.25) is 0 Å². The number of amides is 2. The van der Waals surface area contributed by atoms with Crippen molar-refractivity contribution in [1.29, 1.82) is 0 Å². The third-order valence-corrected chi connectivity index (χ3v) is 1.59. The second-order valence-corrected chi connectivity index (χ2v) is 2.70. The highest BCUT2D eigenvalue weighted by Crippen LogP contribution is 2.13. The summed E-state index contributed by atoms with van der Waals surface area (Å²) in [7, 11) is 1.22. The number of nitrogens with zero attached hydrogens (tertiary/aromatic N) is 2. The summed E-state index contributed by atoms with van der Waals surface area (Å²) < 4.78 is 35.4. The van der Waals surface area contributed by atoms with E-state index in [0.717, 1.165) is 10.2 Å². The molecule has 0 bridgehead atoms. The van der Waals surface area contributed by atoms with Crippen LogP contribution in [0, 0.1) is 0 Å². The van der Waals surface area contributed by atoms with Crippen LogP contribution in [0.1, 0.15) is 0 Å². The molecule has 0 spiro atoms. The number of urea groups is 1. The lowest BCUT2D eigenvalue weighted by Crippen LogP contribution is -2.45. The maximum absolute atomic E-state index is 11.8. The monoisotopic (exact) mass is 219 g/mol. The fourth-order valence-electron chi connectivity index (χ4n) is 0.875. The molecule has 1 aromatic heterocycles. The molecule has 0 radical (unpaired) electrons. The van der Waals surface area contributed by atoms with Crippen molar-refractivity contribution in [2.45, 2.75) is 6.30 Å². The molecule has 0 aliphatic rings. The molecule has 82 valence electrons. The molecule has 0 atom stereocenters. The molecule has 0 unspecified atom stereocenters. The van der Waals surface area contributed by atoms with E-state index >= 15 is 0 Å². The Morgan fingerprint density at radius 3 is 2.67 bits per heavy atom. The van der Waals surface area contributed by atoms with Gasteiger partial charge in [-0.15, -0.1) is 0 Å². The number of hydrogen-bond acceptors (Lipinski definition) is 2. The third-order valence-electron chi connectivity index (χ3n) is 1.59. The second-order valence-electron chi connectivity index (χ2n) is 2.70. The zero-order valence-corrected chi connectivity index (χ0v) is 7.75. The Morgan fingerprint density at radius 1 is 1.53 bits per heavy atom. The van der Waals surface area contributed by atoms with Gasteiger partial charge >= 0.3 is 12.3 Å². The predicted octanol–water partition coefficient (Wildman–Crippen LogP) is 1.75. The van der Waals surface area contributed by atoms with Crippen molar-refractivity contribution < 1.29 is 18.0 Å². The van der Waals surface area contributed by atoms with E-state index in [1.807, 2.05) is 0 Å². The maximum atomic E-state index is 11.8. The van der Waals surface area contributed by atoms with E-state index in [9.17, 15) is 18.0 Å². The predicted molar refractivity (Wildman–Crippen MR) is 47.2 cm³/mol. The normalized spacial score (nSPS) is 10.9. The van der Waals surface area contributed by atoms with Gasteiger partial charge in [0.2, 0.25) is 0 Å². The number of hydrogen-bond donors (Lipinski definition) is 1. The number of carbonyl (C=O) groups is 1. The Labute approximate surface area is 83.7 Å². The van der Waals surface area contributed by atoms with Gasteiger partial charge in [0.1, 0.15) is 0 Å². The fourth-order valence-corrected chi connectivity index (χ4v) is 0.875. The van der Waals surface area contributed by atoms with Crippen LogP contribution in [0.5, 0.6) is 0 Å². The minimum absolute atomic E-state index is 0.277. The molecule has 0 saturated carbocycles. The lowest BCUT2D eigenvalue weighted by atomic mass is 10.4. The number of anilines is 1. The van der Waals surface area contributed by atoms with Crippen LogP contribution in [0.15, 0.2) is 24.5 Å². The summed E-state index contributed by atoms with van der Waals surface area (Å²) >= 11 is 0. The van der Waals surface area contributed by atoms with Crippen molar-refractivity contribution in [1.82, 2.24) is 10.3 Å². The SMILES string of the molecule is CN(C(=O)NC(F)(F)F)c1cccnc1. The lowest BCUT2D eigenvalue weighted by Gasteiger charge is -2.18. The molecule has 1 rings (SSSR count). The van der Waals surface area contributed by atoms with E-state index < -0.39 is 12.3 Å². The van der Waals surface area contributed by atoms with E-state index in [-0.39, 0.29) is 5.69 Å². The summed E-state index contributed by atoms with van der Waals surface area (Å²) in [6.07, 6.45) is -1.98. The Hall–Kier alpha value is -1.79. The Balaban J connectivity index is 2.70. The highest BCUT2D eigenvalue weighted by atomic mass is 19.4. The van der Waals surface area contributed by atoms with E-state index in [1.165, 1.54) is 31.6 Å². The molecule has 2 amide bonds. The summed E-state index contributed by atoms with van der Waals surface area (Å²) in [6.45, 7) is 0. The van der Waals surface area contributed by atoms with Crippen LogP contribution in [0.4, 0.5) is 23.7 Å². The summed E-state index contributed by atoms with van der Waals surface area (Å²) in [4.78, 5) is 15.5. The maximum Gasteiger partial charge on any atom is 0.485 e. The molecule has 0 saturated heterocycles. The van der Waals surface area contributed by atoms with E-state index in [4.69, 9.17) is 0 Å². The number of halogens is 3. The van der Waals surface area contributed by atoms with Gasteiger partial charge in [0.15, 0.2) is 0 Å². The second kappa shape index (κ2) is 4.16. The minimum Gasteiger partial charge on any atom is -0.296 e. The molecule has 1 N–H and O–H groups in total. The van der Waals surface area contributed by atoms with Gasteiger partial charge in [-0.25, -0.2) is 10.1 Å². The van der Waals surface area contributed by atoms with Gasteiger partial charge < -0.3 is 0 Å². The molecule has 15 heavy (non-hydrogen) atoms. The van der Waals surface area contributed by atoms with Gasteiger partial charge in [-0.1, -0.05) is 0 Å². The van der Waals surface area contributed by atoms with Crippen molar-refractivity contribution >= 4 is 11.7 Å². The average molecular weight is 219 g/mol. The van der Waals surface area contributed by atoms with E-state index in [0.29, 0.717) is 0 Å². The summed E-state index contributed by atoms with van der Waals surface area (Å²) in [5.74, 6) is 0. The first-order valence-corrected chi connectivity index (χ1v) is 3.93. The highest BCUT2D eigenvalue weighted by molar-refractivity contribution is 5.91. The van der Waals surface area contributed by atoms with Gasteiger partial charge in [0, 0.05) is 13.2 Å². The topological polar surface area (TPSA) is 45.2 Å². The molecule has 4 nitrogen and oxygen atoms in total. The number of rotatable bonds is 1. The Bertz CT molecular complexity index is 339. The molecule has 0 aromatic carbocycles. The van der Waals surface area contributed by atoms with E-state index in [1.54, 1.807) is 0 Å². The number of pyridine rings is 1. The third kappa shape index (κ3) is 3.45. The molecule has 0 aliphatic carbocycles. The average Bonchev–Trinajstić information content (AvgIpc) is 2.15. The molecule has 0 aliphatic heterocycles. The van der Waals surface area contributed by atoms with Crippen LogP contribution in [0.3, 0.4) is 0 Å². The largest absolute Gasteiger partial charge is 0.485 e. The zero-order chi connectivity index (χ0) is 11.5. The van der Waals surface area contributed by atoms with Crippen LogP contribution in [-0.2, 0) is 0 Å². The number of aromatic nitrogens is 1. The van der Waals surface area contributed by atoms with Crippen LogP contribution >= 0.6 is 0 Å². The standard InChI is InChI=1S/C8H8F3N3O/c1-14(6-3-2-4-12-5-6)7(15)13-8(9,10)11/h2-5H,1H3,(H,13,15). The fraction of sp³-hybridized carbons (Fsp3) is 0.250. The first kappa shape index (κ1) is 11.3. The number of carbonyl (C=O) groups excluding carboxylic acids is 1. The molecular formula is C8H8F3N3O. The van der Waals surface area contributed by atoms with Gasteiger partial charge in [-0.2, -0.15) is 13.2 Å². The van der Waals surface area contributed by atoms with Crippen LogP contribution in [-0.4, -0.2) is 24.4 Å². The van der Waals surface area contributed by atoms with Crippen molar-refractivity contribution in [2.75, 3.05) is 11.9 Å². The minimum atomic E-state index is -4.73. The van der Waals surface area contributed by atoms with Crippen molar-refractivity contribution in [3.8, 4) is 0 Å². The number of alkyl halides is 3. The lowest BCUT2D eigenvalue weighted by molar-refractivity contribution is -0.145. The molecular weight excluding hydrogens is 211 g/mol. The summed E-state index contributed by atoms with van der Waals surface area (Å²) in [6, 6.07) is 1.74. The van der Waals surface area contributed by atoms with Crippen molar-refractivity contribution in [2.24, 2.45) is 0 Å². The van der Waals surface area contributed by atoms with Gasteiger partial charge in [0.05, 0.1) is 11.9 Å². The number of nitrogens with one attached hydrogen (secondary N) is 1. The van der Waals surface area contributed by atoms with Crippen LogP contribution in [0.25, 0.3) is 0 Å². The molecule has 7 heteroatoms. The molecule has 0 fully saturated rings. The zero-order valence-electron chi connectivity index (χ0n) is 7.75. The van der Waals surface area contributed by atoms with Gasteiger partial charge in [-0.05, 0) is 12.1 Å². The summed E-state index contributed by atoms with van der Waals surface area (Å²) in [5.41, 5.74) is 0.277. The first-order valence-electron chi connectivity index (χ1n) is 3.93.